The highest BCUT2D eigenvalue weighted by atomic mass is 32.1. The van der Waals surface area contributed by atoms with Gasteiger partial charge in [-0.15, -0.1) is 11.3 Å². The summed E-state index contributed by atoms with van der Waals surface area (Å²) in [5, 5.41) is 4.61. The Bertz CT molecular complexity index is 936. The molecule has 9 heteroatoms. The van der Waals surface area contributed by atoms with Crippen molar-refractivity contribution in [3.05, 3.63) is 58.3 Å². The quantitative estimate of drug-likeness (QED) is 0.611. The molecule has 3 atom stereocenters. The van der Waals surface area contributed by atoms with E-state index in [4.69, 9.17) is 9.47 Å². The fourth-order valence-corrected chi connectivity index (χ4v) is 5.10. The number of ether oxygens (including phenoxy) is 2. The van der Waals surface area contributed by atoms with Crippen LogP contribution in [0.1, 0.15) is 16.9 Å². The number of thiophene rings is 1. The van der Waals surface area contributed by atoms with E-state index in [2.05, 4.69) is 10.2 Å². The fourth-order valence-electron chi connectivity index (χ4n) is 4.41. The van der Waals surface area contributed by atoms with E-state index in [9.17, 15) is 14.4 Å². The first-order valence-corrected chi connectivity index (χ1v) is 11.5. The summed E-state index contributed by atoms with van der Waals surface area (Å²) in [5.41, 5.74) is 0.862. The Hall–Kier alpha value is -2.91. The van der Waals surface area contributed by atoms with E-state index in [0.29, 0.717) is 26.1 Å². The molecule has 1 N–H and O–H groups in total. The average molecular weight is 458 g/mol. The number of hydrogen-bond donors (Lipinski definition) is 1. The molecule has 0 radical (unpaired) electrons. The lowest BCUT2D eigenvalue weighted by Crippen LogP contribution is -2.55. The van der Waals surface area contributed by atoms with Crippen molar-refractivity contribution in [1.82, 2.24) is 15.1 Å². The zero-order valence-corrected chi connectivity index (χ0v) is 18.8. The number of methoxy groups -OCH3 is 1. The van der Waals surface area contributed by atoms with Crippen LogP contribution in [0.25, 0.3) is 0 Å². The van der Waals surface area contributed by atoms with Crippen molar-refractivity contribution >= 4 is 29.3 Å². The van der Waals surface area contributed by atoms with Gasteiger partial charge in [-0.2, -0.15) is 0 Å². The lowest BCUT2D eigenvalue weighted by Gasteiger charge is -2.35. The van der Waals surface area contributed by atoms with Crippen LogP contribution in [0.15, 0.2) is 47.8 Å². The summed E-state index contributed by atoms with van der Waals surface area (Å²) in [6.07, 6.45) is 0.643. The van der Waals surface area contributed by atoms with E-state index < -0.39 is 18.1 Å². The van der Waals surface area contributed by atoms with Crippen LogP contribution in [0.3, 0.4) is 0 Å². The van der Waals surface area contributed by atoms with Gasteiger partial charge in [-0.25, -0.2) is 9.59 Å². The first-order chi connectivity index (χ1) is 15.5. The molecule has 3 heterocycles. The molecule has 8 nitrogen and oxygen atoms in total. The van der Waals surface area contributed by atoms with Crippen LogP contribution in [0.4, 0.5) is 4.79 Å². The van der Waals surface area contributed by atoms with Crippen molar-refractivity contribution in [3.63, 3.8) is 0 Å². The van der Waals surface area contributed by atoms with Gasteiger partial charge in [-0.1, -0.05) is 36.4 Å². The third-order valence-electron chi connectivity index (χ3n) is 5.99. The number of benzene rings is 1. The average Bonchev–Trinajstić information content (AvgIpc) is 3.55. The van der Waals surface area contributed by atoms with Crippen LogP contribution in [-0.4, -0.2) is 72.6 Å². The third-order valence-corrected chi connectivity index (χ3v) is 6.86. The SMILES string of the molecule is COC(=O)[C@H](CN1C[C@@H]2C[C@H]1CN2C(=O)Cc1cccs1)NC(=O)OCc1ccccc1. The molecule has 4 rings (SSSR count). The molecule has 2 bridgehead atoms. The summed E-state index contributed by atoms with van der Waals surface area (Å²) in [6.45, 7) is 1.76. The summed E-state index contributed by atoms with van der Waals surface area (Å²) in [6, 6.07) is 12.7. The maximum absolute atomic E-state index is 12.7. The molecule has 1 aromatic carbocycles. The minimum Gasteiger partial charge on any atom is -0.467 e. The van der Waals surface area contributed by atoms with Crippen molar-refractivity contribution in [1.29, 1.82) is 0 Å². The number of nitrogens with one attached hydrogen (secondary N) is 1. The maximum Gasteiger partial charge on any atom is 0.408 e. The predicted molar refractivity (Wildman–Crippen MR) is 119 cm³/mol. The van der Waals surface area contributed by atoms with Crippen LogP contribution in [0.2, 0.25) is 0 Å². The molecular formula is C23H27N3O5S. The van der Waals surface area contributed by atoms with Gasteiger partial charge in [0.15, 0.2) is 0 Å². The molecule has 2 fully saturated rings. The number of esters is 1. The van der Waals surface area contributed by atoms with Crippen molar-refractivity contribution in [2.75, 3.05) is 26.7 Å². The number of hydrogen-bond acceptors (Lipinski definition) is 7. The Balaban J connectivity index is 1.29. The highest BCUT2D eigenvalue weighted by Gasteiger charge is 2.46. The second-order valence-corrected chi connectivity index (χ2v) is 9.11. The monoisotopic (exact) mass is 457 g/mol. The molecule has 1 aromatic heterocycles. The summed E-state index contributed by atoms with van der Waals surface area (Å²) >= 11 is 1.59. The largest absolute Gasteiger partial charge is 0.467 e. The zero-order valence-electron chi connectivity index (χ0n) is 17.9. The smallest absolute Gasteiger partial charge is 0.408 e. The molecule has 32 heavy (non-hydrogen) atoms. The Morgan fingerprint density at radius 3 is 2.59 bits per heavy atom. The van der Waals surface area contributed by atoms with Crippen LogP contribution in [0.5, 0.6) is 0 Å². The van der Waals surface area contributed by atoms with Crippen LogP contribution >= 0.6 is 11.3 Å². The molecule has 2 saturated heterocycles. The Kier molecular flexibility index (Phi) is 7.06. The Morgan fingerprint density at radius 2 is 1.94 bits per heavy atom. The Labute approximate surface area is 191 Å². The summed E-state index contributed by atoms with van der Waals surface area (Å²) in [7, 11) is 1.30. The van der Waals surface area contributed by atoms with E-state index >= 15 is 0 Å². The molecule has 170 valence electrons. The summed E-state index contributed by atoms with van der Waals surface area (Å²) in [4.78, 5) is 42.4. The second kappa shape index (κ2) is 10.1. The van der Waals surface area contributed by atoms with Crippen molar-refractivity contribution in [3.8, 4) is 0 Å². The number of alkyl carbamates (subject to hydrolysis) is 1. The van der Waals surface area contributed by atoms with Crippen molar-refractivity contribution in [2.24, 2.45) is 0 Å². The minimum absolute atomic E-state index is 0.121. The lowest BCUT2D eigenvalue weighted by atomic mass is 10.2. The van der Waals surface area contributed by atoms with E-state index in [1.54, 1.807) is 11.3 Å². The van der Waals surface area contributed by atoms with Crippen molar-refractivity contribution in [2.45, 2.75) is 37.6 Å². The van der Waals surface area contributed by atoms with Crippen molar-refractivity contribution < 1.29 is 23.9 Å². The number of carbonyl (C=O) groups is 3. The van der Waals surface area contributed by atoms with Gasteiger partial charge < -0.3 is 19.7 Å². The maximum atomic E-state index is 12.7. The number of fused-ring (bicyclic) bond motifs is 2. The van der Waals surface area contributed by atoms with Gasteiger partial charge >= 0.3 is 12.1 Å². The summed E-state index contributed by atoms with van der Waals surface area (Å²) in [5.74, 6) is -0.373. The van der Waals surface area contributed by atoms with Gasteiger partial charge in [0.1, 0.15) is 12.6 Å². The van der Waals surface area contributed by atoms with Gasteiger partial charge in [0.25, 0.3) is 0 Å². The molecule has 2 aromatic rings. The normalized spacial score (nSPS) is 20.7. The number of amides is 2. The standard InChI is InChI=1S/C23H27N3O5S/c1-30-22(28)20(24-23(29)31-15-16-6-3-2-4-7-16)14-25-12-18-10-17(25)13-26(18)21(27)11-19-8-5-9-32-19/h2-9,17-18,20H,10-15H2,1H3,(H,24,29)/t17-,18-,20-/m0/s1. The molecular weight excluding hydrogens is 430 g/mol. The van der Waals surface area contributed by atoms with E-state index in [1.807, 2.05) is 52.7 Å². The molecule has 2 aliphatic rings. The van der Waals surface area contributed by atoms with E-state index in [0.717, 1.165) is 16.9 Å². The molecule has 0 saturated carbocycles. The number of likely N-dealkylation sites (tertiary alicyclic amines) is 2. The van der Waals surface area contributed by atoms with Crippen LogP contribution < -0.4 is 5.32 Å². The van der Waals surface area contributed by atoms with E-state index in [-0.39, 0.29) is 24.6 Å². The first-order valence-electron chi connectivity index (χ1n) is 10.6. The zero-order chi connectivity index (χ0) is 22.5. The van der Waals surface area contributed by atoms with Gasteiger partial charge in [0, 0.05) is 36.6 Å². The van der Waals surface area contributed by atoms with Gasteiger partial charge in [0.2, 0.25) is 5.91 Å². The molecule has 0 aliphatic carbocycles. The van der Waals surface area contributed by atoms with E-state index in [1.165, 1.54) is 7.11 Å². The number of nitrogens with zero attached hydrogens (tertiary/aromatic N) is 2. The molecule has 0 unspecified atom stereocenters. The second-order valence-electron chi connectivity index (χ2n) is 8.08. The number of carbonyl (C=O) groups excluding carboxylic acids is 3. The molecule has 2 amide bonds. The molecule has 2 aliphatic heterocycles. The number of piperazine rings is 1. The van der Waals surface area contributed by atoms with Gasteiger partial charge in [0.05, 0.1) is 13.5 Å². The minimum atomic E-state index is -0.835. The lowest BCUT2D eigenvalue weighted by molar-refractivity contribution is -0.144. The highest BCUT2D eigenvalue weighted by Crippen LogP contribution is 2.31. The predicted octanol–water partition coefficient (Wildman–Crippen LogP) is 2.04. The van der Waals surface area contributed by atoms with Crippen LogP contribution in [0, 0.1) is 0 Å². The van der Waals surface area contributed by atoms with Crippen LogP contribution in [-0.2, 0) is 32.1 Å². The third kappa shape index (κ3) is 5.28. The number of rotatable bonds is 8. The topological polar surface area (TPSA) is 88.2 Å². The fraction of sp³-hybridized carbons (Fsp3) is 0.435. The highest BCUT2D eigenvalue weighted by molar-refractivity contribution is 7.10. The Morgan fingerprint density at radius 1 is 1.12 bits per heavy atom. The van der Waals surface area contributed by atoms with Gasteiger partial charge in [-0.05, 0) is 23.4 Å². The first kappa shape index (κ1) is 22.3. The van der Waals surface area contributed by atoms with Gasteiger partial charge in [-0.3, -0.25) is 9.69 Å². The molecule has 0 spiro atoms. The summed E-state index contributed by atoms with van der Waals surface area (Å²) < 4.78 is 10.1.